The molecule has 98 valence electrons. The number of aryl methyl sites for hydroxylation is 1. The Morgan fingerprint density at radius 3 is 2.89 bits per heavy atom. The van der Waals surface area contributed by atoms with E-state index in [1.807, 2.05) is 11.7 Å². The van der Waals surface area contributed by atoms with Crippen LogP contribution < -0.4 is 5.32 Å². The molecule has 0 amide bonds. The van der Waals surface area contributed by atoms with Crippen LogP contribution in [0.3, 0.4) is 0 Å². The molecule has 0 bridgehead atoms. The molecule has 0 spiro atoms. The Hall–Kier alpha value is -0.360. The van der Waals surface area contributed by atoms with Crippen molar-refractivity contribution in [1.82, 2.24) is 15.1 Å². The molecule has 1 atom stereocenters. The van der Waals surface area contributed by atoms with Crippen LogP contribution in [0.4, 0.5) is 0 Å². The van der Waals surface area contributed by atoms with Crippen LogP contribution in [0.2, 0.25) is 5.02 Å². The molecule has 0 aliphatic heterocycles. The number of halogens is 2. The fraction of sp³-hybridized carbons (Fsp3) is 0.417. The highest BCUT2D eigenvalue weighted by molar-refractivity contribution is 9.11. The quantitative estimate of drug-likeness (QED) is 0.885. The van der Waals surface area contributed by atoms with Gasteiger partial charge in [0.1, 0.15) is 0 Å². The van der Waals surface area contributed by atoms with E-state index in [0.29, 0.717) is 5.02 Å². The van der Waals surface area contributed by atoms with Gasteiger partial charge in [0.05, 0.1) is 26.7 Å². The monoisotopic (exact) mass is 347 g/mol. The molecule has 0 aliphatic carbocycles. The smallest absolute Gasteiger partial charge is 0.0837 e. The standard InChI is InChI=1S/C12H15BrClN3S/c1-3-4-15-11(8-5-10(13)18-7-8)12-9(14)6-16-17(12)2/h5-7,11,15H,3-4H2,1-2H3. The molecular formula is C12H15BrClN3S. The van der Waals surface area contributed by atoms with E-state index in [9.17, 15) is 0 Å². The Morgan fingerprint density at radius 1 is 1.61 bits per heavy atom. The first-order valence-electron chi connectivity index (χ1n) is 5.78. The van der Waals surface area contributed by atoms with Gasteiger partial charge < -0.3 is 5.32 Å². The molecule has 2 aromatic heterocycles. The van der Waals surface area contributed by atoms with Crippen LogP contribution >= 0.6 is 38.9 Å². The highest BCUT2D eigenvalue weighted by Gasteiger charge is 2.21. The first-order chi connectivity index (χ1) is 8.63. The lowest BCUT2D eigenvalue weighted by Crippen LogP contribution is -2.25. The minimum absolute atomic E-state index is 0.0903. The molecule has 2 rings (SSSR count). The van der Waals surface area contributed by atoms with Crippen LogP contribution in [0.1, 0.15) is 30.6 Å². The van der Waals surface area contributed by atoms with Crippen LogP contribution in [0.15, 0.2) is 21.4 Å². The van der Waals surface area contributed by atoms with Gasteiger partial charge in [0.2, 0.25) is 0 Å². The third-order valence-corrected chi connectivity index (χ3v) is 4.54. The van der Waals surface area contributed by atoms with Crippen molar-refractivity contribution in [3.63, 3.8) is 0 Å². The molecule has 2 aromatic rings. The molecule has 18 heavy (non-hydrogen) atoms. The highest BCUT2D eigenvalue weighted by atomic mass is 79.9. The maximum Gasteiger partial charge on any atom is 0.0837 e. The summed E-state index contributed by atoms with van der Waals surface area (Å²) in [5, 5.41) is 10.6. The van der Waals surface area contributed by atoms with Gasteiger partial charge in [-0.1, -0.05) is 18.5 Å². The Morgan fingerprint density at radius 2 is 2.39 bits per heavy atom. The summed E-state index contributed by atoms with van der Waals surface area (Å²) in [6, 6.07) is 2.22. The van der Waals surface area contributed by atoms with Crippen molar-refractivity contribution in [2.45, 2.75) is 19.4 Å². The molecule has 3 nitrogen and oxygen atoms in total. The Kier molecular flexibility index (Phi) is 4.84. The fourth-order valence-corrected chi connectivity index (χ4v) is 3.36. The van der Waals surface area contributed by atoms with E-state index in [1.54, 1.807) is 17.5 Å². The molecule has 1 unspecified atom stereocenters. The summed E-state index contributed by atoms with van der Waals surface area (Å²) in [5.74, 6) is 0. The summed E-state index contributed by atoms with van der Waals surface area (Å²) >= 11 is 11.4. The van der Waals surface area contributed by atoms with Crippen molar-refractivity contribution in [3.8, 4) is 0 Å². The van der Waals surface area contributed by atoms with Crippen LogP contribution in [0, 0.1) is 0 Å². The van der Waals surface area contributed by atoms with Gasteiger partial charge >= 0.3 is 0 Å². The van der Waals surface area contributed by atoms with Crippen molar-refractivity contribution in [2.75, 3.05) is 6.54 Å². The van der Waals surface area contributed by atoms with Crippen LogP contribution in [-0.2, 0) is 7.05 Å². The SMILES string of the molecule is CCCNC(c1csc(Br)c1)c1c(Cl)cnn1C. The van der Waals surface area contributed by atoms with Crippen molar-refractivity contribution < 1.29 is 0 Å². The second kappa shape index (κ2) is 6.19. The largest absolute Gasteiger partial charge is 0.305 e. The molecule has 0 saturated carbocycles. The number of thiophene rings is 1. The molecule has 0 radical (unpaired) electrons. The lowest BCUT2D eigenvalue weighted by Gasteiger charge is -2.18. The van der Waals surface area contributed by atoms with E-state index in [0.717, 1.165) is 22.4 Å². The van der Waals surface area contributed by atoms with Crippen molar-refractivity contribution in [2.24, 2.45) is 7.05 Å². The summed E-state index contributed by atoms with van der Waals surface area (Å²) in [5.41, 5.74) is 2.22. The van der Waals surface area contributed by atoms with E-state index >= 15 is 0 Å². The maximum atomic E-state index is 6.24. The minimum atomic E-state index is 0.0903. The van der Waals surface area contributed by atoms with Crippen LogP contribution in [-0.4, -0.2) is 16.3 Å². The van der Waals surface area contributed by atoms with Crippen molar-refractivity contribution in [1.29, 1.82) is 0 Å². The average Bonchev–Trinajstić information content (AvgIpc) is 2.90. The number of hydrogen-bond donors (Lipinski definition) is 1. The second-order valence-corrected chi connectivity index (χ2v) is 6.77. The predicted octanol–water partition coefficient (Wildman–Crippen LogP) is 3.99. The third kappa shape index (κ3) is 2.96. The average molecular weight is 349 g/mol. The second-order valence-electron chi connectivity index (χ2n) is 4.07. The molecule has 6 heteroatoms. The number of nitrogens with one attached hydrogen (secondary N) is 1. The normalized spacial score (nSPS) is 12.9. The lowest BCUT2D eigenvalue weighted by atomic mass is 10.1. The highest BCUT2D eigenvalue weighted by Crippen LogP contribution is 2.32. The summed E-state index contributed by atoms with van der Waals surface area (Å²) in [4.78, 5) is 0. The Labute approximate surface area is 124 Å². The van der Waals surface area contributed by atoms with Crippen LogP contribution in [0.25, 0.3) is 0 Å². The summed E-state index contributed by atoms with van der Waals surface area (Å²) in [7, 11) is 1.92. The number of nitrogens with zero attached hydrogens (tertiary/aromatic N) is 2. The van der Waals surface area contributed by atoms with Gasteiger partial charge in [-0.25, -0.2) is 0 Å². The molecule has 0 saturated heterocycles. The summed E-state index contributed by atoms with van der Waals surface area (Å²) < 4.78 is 2.96. The lowest BCUT2D eigenvalue weighted by molar-refractivity contribution is 0.555. The van der Waals surface area contributed by atoms with E-state index < -0.39 is 0 Å². The molecule has 2 heterocycles. The van der Waals surface area contributed by atoms with E-state index in [-0.39, 0.29) is 6.04 Å². The minimum Gasteiger partial charge on any atom is -0.305 e. The molecule has 1 N–H and O–H groups in total. The molecular weight excluding hydrogens is 334 g/mol. The van der Waals surface area contributed by atoms with Gasteiger partial charge in [-0.05, 0) is 45.9 Å². The van der Waals surface area contributed by atoms with Gasteiger partial charge in [0.15, 0.2) is 0 Å². The third-order valence-electron chi connectivity index (χ3n) is 2.73. The van der Waals surface area contributed by atoms with Crippen molar-refractivity contribution in [3.05, 3.63) is 37.7 Å². The van der Waals surface area contributed by atoms with Gasteiger partial charge in [0.25, 0.3) is 0 Å². The number of aromatic nitrogens is 2. The van der Waals surface area contributed by atoms with E-state index in [4.69, 9.17) is 11.6 Å². The zero-order valence-corrected chi connectivity index (χ0v) is 13.4. The van der Waals surface area contributed by atoms with Gasteiger partial charge in [-0.15, -0.1) is 11.3 Å². The Balaban J connectivity index is 2.36. The predicted molar refractivity (Wildman–Crippen MR) is 80.4 cm³/mol. The first-order valence-corrected chi connectivity index (χ1v) is 7.83. The Bertz CT molecular complexity index is 504. The van der Waals surface area contributed by atoms with E-state index in [1.165, 1.54) is 5.56 Å². The zero-order chi connectivity index (χ0) is 13.1. The molecule has 0 aliphatic rings. The summed E-state index contributed by atoms with van der Waals surface area (Å²) in [6.45, 7) is 3.10. The molecule has 0 fully saturated rings. The zero-order valence-electron chi connectivity index (χ0n) is 10.3. The van der Waals surface area contributed by atoms with Crippen molar-refractivity contribution >= 4 is 38.9 Å². The maximum absolute atomic E-state index is 6.24. The number of rotatable bonds is 5. The number of hydrogen-bond acceptors (Lipinski definition) is 3. The van der Waals surface area contributed by atoms with E-state index in [2.05, 4.69) is 44.7 Å². The topological polar surface area (TPSA) is 29.9 Å². The fourth-order valence-electron chi connectivity index (χ4n) is 1.88. The van der Waals surface area contributed by atoms with Gasteiger partial charge in [0, 0.05) is 7.05 Å². The van der Waals surface area contributed by atoms with Crippen LogP contribution in [0.5, 0.6) is 0 Å². The van der Waals surface area contributed by atoms with Gasteiger partial charge in [-0.2, -0.15) is 5.10 Å². The molecule has 0 aromatic carbocycles. The first kappa shape index (κ1) is 14.1. The van der Waals surface area contributed by atoms with Gasteiger partial charge in [-0.3, -0.25) is 4.68 Å². The summed E-state index contributed by atoms with van der Waals surface area (Å²) in [6.07, 6.45) is 2.77.